The van der Waals surface area contributed by atoms with Crippen molar-refractivity contribution in [1.82, 2.24) is 5.32 Å². The number of amides is 1. The Kier molecular flexibility index (Phi) is 5.12. The molecule has 0 unspecified atom stereocenters. The summed E-state index contributed by atoms with van der Waals surface area (Å²) in [7, 11) is 1.32. The van der Waals surface area contributed by atoms with Crippen molar-refractivity contribution in [1.29, 1.82) is 0 Å². The SMILES string of the molecule is COC(=O)[C@@H](Cc1ccccc1)NC(=O)[C@H]1CCOC1. The fraction of sp³-hybridized carbons (Fsp3) is 0.467. The summed E-state index contributed by atoms with van der Waals surface area (Å²) in [6.45, 7) is 1.02. The van der Waals surface area contributed by atoms with Crippen molar-refractivity contribution >= 4 is 11.9 Å². The van der Waals surface area contributed by atoms with Gasteiger partial charge in [0.1, 0.15) is 6.04 Å². The van der Waals surface area contributed by atoms with E-state index in [-0.39, 0.29) is 11.8 Å². The van der Waals surface area contributed by atoms with Crippen LogP contribution in [-0.4, -0.2) is 38.2 Å². The number of methoxy groups -OCH3 is 1. The van der Waals surface area contributed by atoms with Crippen molar-refractivity contribution in [3.05, 3.63) is 35.9 Å². The van der Waals surface area contributed by atoms with Crippen LogP contribution in [0.15, 0.2) is 30.3 Å². The monoisotopic (exact) mass is 277 g/mol. The van der Waals surface area contributed by atoms with Gasteiger partial charge in [0.15, 0.2) is 0 Å². The molecule has 1 heterocycles. The molecule has 1 aliphatic rings. The first kappa shape index (κ1) is 14.5. The van der Waals surface area contributed by atoms with Crippen molar-refractivity contribution in [2.75, 3.05) is 20.3 Å². The Balaban J connectivity index is 2.00. The van der Waals surface area contributed by atoms with E-state index in [1.165, 1.54) is 7.11 Å². The number of carbonyl (C=O) groups is 2. The minimum Gasteiger partial charge on any atom is -0.467 e. The standard InChI is InChI=1S/C15H19NO4/c1-19-15(18)13(9-11-5-3-2-4-6-11)16-14(17)12-7-8-20-10-12/h2-6,12-13H,7-10H2,1H3,(H,16,17)/t12-,13+/m0/s1. The Morgan fingerprint density at radius 3 is 2.75 bits per heavy atom. The summed E-state index contributed by atoms with van der Waals surface area (Å²) >= 11 is 0. The Hall–Kier alpha value is -1.88. The lowest BCUT2D eigenvalue weighted by molar-refractivity contribution is -0.145. The third-order valence-corrected chi connectivity index (χ3v) is 3.39. The van der Waals surface area contributed by atoms with Crippen molar-refractivity contribution in [2.24, 2.45) is 5.92 Å². The lowest BCUT2D eigenvalue weighted by atomic mass is 10.0. The summed E-state index contributed by atoms with van der Waals surface area (Å²) in [5, 5.41) is 2.76. The fourth-order valence-electron chi connectivity index (χ4n) is 2.22. The zero-order valence-corrected chi connectivity index (χ0v) is 11.5. The quantitative estimate of drug-likeness (QED) is 0.813. The molecule has 0 bridgehead atoms. The molecule has 1 aromatic rings. The van der Waals surface area contributed by atoms with E-state index < -0.39 is 12.0 Å². The highest BCUT2D eigenvalue weighted by Gasteiger charge is 2.28. The van der Waals surface area contributed by atoms with Gasteiger partial charge in [0, 0.05) is 13.0 Å². The molecule has 108 valence electrons. The molecule has 1 N–H and O–H groups in total. The Morgan fingerprint density at radius 2 is 2.15 bits per heavy atom. The van der Waals surface area contributed by atoms with E-state index in [4.69, 9.17) is 9.47 Å². The molecule has 0 aliphatic carbocycles. The van der Waals surface area contributed by atoms with Gasteiger partial charge in [-0.3, -0.25) is 4.79 Å². The largest absolute Gasteiger partial charge is 0.467 e. The van der Waals surface area contributed by atoms with Crippen molar-refractivity contribution < 1.29 is 19.1 Å². The maximum absolute atomic E-state index is 12.1. The molecule has 1 aliphatic heterocycles. The van der Waals surface area contributed by atoms with Crippen LogP contribution in [0.2, 0.25) is 0 Å². The molecular weight excluding hydrogens is 258 g/mol. The van der Waals surface area contributed by atoms with Crippen LogP contribution in [0.3, 0.4) is 0 Å². The molecule has 1 amide bonds. The molecule has 1 fully saturated rings. The number of ether oxygens (including phenoxy) is 2. The summed E-state index contributed by atoms with van der Waals surface area (Å²) in [4.78, 5) is 23.9. The van der Waals surface area contributed by atoms with Gasteiger partial charge in [-0.1, -0.05) is 30.3 Å². The van der Waals surface area contributed by atoms with Crippen LogP contribution in [-0.2, 0) is 25.5 Å². The van der Waals surface area contributed by atoms with Crippen molar-refractivity contribution in [3.8, 4) is 0 Å². The van der Waals surface area contributed by atoms with Crippen LogP contribution in [0.5, 0.6) is 0 Å². The first-order chi connectivity index (χ1) is 9.70. The lowest BCUT2D eigenvalue weighted by Gasteiger charge is -2.18. The van der Waals surface area contributed by atoms with Gasteiger partial charge in [-0.2, -0.15) is 0 Å². The van der Waals surface area contributed by atoms with Gasteiger partial charge in [0.25, 0.3) is 0 Å². The Labute approximate surface area is 118 Å². The minimum atomic E-state index is -0.657. The summed E-state index contributed by atoms with van der Waals surface area (Å²) in [6.07, 6.45) is 1.12. The zero-order chi connectivity index (χ0) is 14.4. The van der Waals surface area contributed by atoms with Gasteiger partial charge < -0.3 is 14.8 Å². The molecule has 0 radical (unpaired) electrons. The predicted octanol–water partition coefficient (Wildman–Crippen LogP) is 0.923. The number of rotatable bonds is 5. The zero-order valence-electron chi connectivity index (χ0n) is 11.5. The van der Waals surface area contributed by atoms with Gasteiger partial charge in [0.05, 0.1) is 19.6 Å². The van der Waals surface area contributed by atoms with Crippen LogP contribution in [0.1, 0.15) is 12.0 Å². The third kappa shape index (κ3) is 3.81. The van der Waals surface area contributed by atoms with Crippen molar-refractivity contribution in [3.63, 3.8) is 0 Å². The van der Waals surface area contributed by atoms with E-state index in [0.29, 0.717) is 26.1 Å². The second-order valence-corrected chi connectivity index (χ2v) is 4.83. The van der Waals surface area contributed by atoms with Gasteiger partial charge in [-0.05, 0) is 12.0 Å². The van der Waals surface area contributed by atoms with Gasteiger partial charge in [-0.25, -0.2) is 4.79 Å². The number of nitrogens with one attached hydrogen (secondary N) is 1. The third-order valence-electron chi connectivity index (χ3n) is 3.39. The van der Waals surface area contributed by atoms with E-state index >= 15 is 0 Å². The van der Waals surface area contributed by atoms with Gasteiger partial charge in [-0.15, -0.1) is 0 Å². The van der Waals surface area contributed by atoms with Crippen LogP contribution in [0, 0.1) is 5.92 Å². The van der Waals surface area contributed by atoms with E-state index in [0.717, 1.165) is 5.56 Å². The number of carbonyl (C=O) groups excluding carboxylic acids is 2. The van der Waals surface area contributed by atoms with E-state index in [1.807, 2.05) is 30.3 Å². The van der Waals surface area contributed by atoms with Crippen LogP contribution in [0.4, 0.5) is 0 Å². The van der Waals surface area contributed by atoms with E-state index in [1.54, 1.807) is 0 Å². The molecule has 2 rings (SSSR count). The van der Waals surface area contributed by atoms with E-state index in [9.17, 15) is 9.59 Å². The van der Waals surface area contributed by atoms with Crippen LogP contribution >= 0.6 is 0 Å². The Bertz CT molecular complexity index is 454. The van der Waals surface area contributed by atoms with E-state index in [2.05, 4.69) is 5.32 Å². The summed E-state index contributed by atoms with van der Waals surface area (Å²) in [6, 6.07) is 8.88. The molecule has 0 saturated carbocycles. The molecular formula is C15H19NO4. The second kappa shape index (κ2) is 7.05. The molecule has 5 heteroatoms. The van der Waals surface area contributed by atoms with Crippen molar-refractivity contribution in [2.45, 2.75) is 18.9 Å². The number of esters is 1. The average molecular weight is 277 g/mol. The second-order valence-electron chi connectivity index (χ2n) is 4.83. The molecule has 2 atom stereocenters. The molecule has 0 aromatic heterocycles. The van der Waals surface area contributed by atoms with Crippen LogP contribution in [0.25, 0.3) is 0 Å². The predicted molar refractivity (Wildman–Crippen MR) is 73.0 cm³/mol. The number of hydrogen-bond acceptors (Lipinski definition) is 4. The van der Waals surface area contributed by atoms with Crippen LogP contribution < -0.4 is 5.32 Å². The number of benzene rings is 1. The van der Waals surface area contributed by atoms with Gasteiger partial charge in [0.2, 0.25) is 5.91 Å². The topological polar surface area (TPSA) is 64.6 Å². The maximum atomic E-state index is 12.1. The Morgan fingerprint density at radius 1 is 1.40 bits per heavy atom. The smallest absolute Gasteiger partial charge is 0.328 e. The molecule has 20 heavy (non-hydrogen) atoms. The molecule has 0 spiro atoms. The molecule has 5 nitrogen and oxygen atoms in total. The maximum Gasteiger partial charge on any atom is 0.328 e. The molecule has 1 aromatic carbocycles. The normalized spacial score (nSPS) is 19.4. The first-order valence-corrected chi connectivity index (χ1v) is 6.70. The highest BCUT2D eigenvalue weighted by Crippen LogP contribution is 2.13. The highest BCUT2D eigenvalue weighted by atomic mass is 16.5. The highest BCUT2D eigenvalue weighted by molar-refractivity contribution is 5.86. The van der Waals surface area contributed by atoms with Gasteiger partial charge >= 0.3 is 5.97 Å². The number of hydrogen-bond donors (Lipinski definition) is 1. The minimum absolute atomic E-state index is 0.145. The summed E-state index contributed by atoms with van der Waals surface area (Å²) in [5.41, 5.74) is 0.978. The lowest BCUT2D eigenvalue weighted by Crippen LogP contribution is -2.45. The fourth-order valence-corrected chi connectivity index (χ4v) is 2.22. The summed E-state index contributed by atoms with van der Waals surface area (Å²) < 4.78 is 9.95. The first-order valence-electron chi connectivity index (χ1n) is 6.70. The molecule has 1 saturated heterocycles. The average Bonchev–Trinajstić information content (AvgIpc) is 3.01. The summed E-state index contributed by atoms with van der Waals surface area (Å²) in [5.74, 6) is -0.743.